The van der Waals surface area contributed by atoms with E-state index in [0.29, 0.717) is 37.9 Å². The molecule has 1 amide bonds. The van der Waals surface area contributed by atoms with Crippen LogP contribution < -0.4 is 0 Å². The van der Waals surface area contributed by atoms with Gasteiger partial charge in [0.25, 0.3) is 0 Å². The van der Waals surface area contributed by atoms with Crippen LogP contribution >= 0.6 is 0 Å². The Morgan fingerprint density at radius 1 is 1.38 bits per heavy atom. The van der Waals surface area contributed by atoms with Crippen LogP contribution in [-0.2, 0) is 21.4 Å². The van der Waals surface area contributed by atoms with Crippen molar-refractivity contribution < 1.29 is 13.2 Å². The third-order valence-electron chi connectivity index (χ3n) is 4.19. The lowest BCUT2D eigenvalue weighted by atomic mass is 10.1. The first kappa shape index (κ1) is 18.4. The molecular formula is C17H23N3O3S. The van der Waals surface area contributed by atoms with E-state index in [1.165, 1.54) is 4.31 Å². The Morgan fingerprint density at radius 2 is 2.04 bits per heavy atom. The summed E-state index contributed by atoms with van der Waals surface area (Å²) >= 11 is 0. The van der Waals surface area contributed by atoms with Crippen molar-refractivity contribution in [2.45, 2.75) is 38.8 Å². The predicted molar refractivity (Wildman–Crippen MR) is 91.4 cm³/mol. The molecule has 0 spiro atoms. The molecule has 0 radical (unpaired) electrons. The van der Waals surface area contributed by atoms with Crippen LogP contribution in [0.25, 0.3) is 0 Å². The summed E-state index contributed by atoms with van der Waals surface area (Å²) in [6.45, 7) is 2.63. The number of hydrogen-bond acceptors (Lipinski definition) is 4. The summed E-state index contributed by atoms with van der Waals surface area (Å²) in [7, 11) is -1.69. The Hall–Kier alpha value is -1.91. The Bertz CT molecular complexity index is 722. The number of rotatable bonds is 6. The van der Waals surface area contributed by atoms with Gasteiger partial charge >= 0.3 is 0 Å². The Labute approximate surface area is 143 Å². The van der Waals surface area contributed by atoms with Crippen LogP contribution in [0.5, 0.6) is 0 Å². The number of nitrogens with zero attached hydrogens (tertiary/aromatic N) is 3. The first-order valence-electron chi connectivity index (χ1n) is 8.12. The van der Waals surface area contributed by atoms with Gasteiger partial charge in [-0.15, -0.1) is 0 Å². The lowest BCUT2D eigenvalue weighted by Gasteiger charge is -2.27. The molecule has 1 fully saturated rings. The highest BCUT2D eigenvalue weighted by molar-refractivity contribution is 7.89. The van der Waals surface area contributed by atoms with E-state index in [1.807, 2.05) is 19.1 Å². The van der Waals surface area contributed by atoms with E-state index in [2.05, 4.69) is 6.07 Å². The molecule has 1 saturated heterocycles. The summed E-state index contributed by atoms with van der Waals surface area (Å²) in [5.74, 6) is -0.0904. The van der Waals surface area contributed by atoms with Gasteiger partial charge in [0.05, 0.1) is 17.4 Å². The Morgan fingerprint density at radius 3 is 2.62 bits per heavy atom. The van der Waals surface area contributed by atoms with Crippen LogP contribution in [-0.4, -0.2) is 48.9 Å². The molecule has 1 aliphatic heterocycles. The summed E-state index contributed by atoms with van der Waals surface area (Å²) in [5, 5.41) is 8.81. The molecule has 7 heteroatoms. The second-order valence-corrected chi connectivity index (χ2v) is 8.13. The van der Waals surface area contributed by atoms with Crippen molar-refractivity contribution >= 4 is 15.9 Å². The molecule has 1 heterocycles. The molecule has 1 aromatic carbocycles. The summed E-state index contributed by atoms with van der Waals surface area (Å²) in [5.41, 5.74) is 1.48. The molecule has 6 nitrogen and oxygen atoms in total. The van der Waals surface area contributed by atoms with Crippen LogP contribution in [0.4, 0.5) is 0 Å². The zero-order valence-corrected chi connectivity index (χ0v) is 14.9. The Kier molecular flexibility index (Phi) is 5.97. The second kappa shape index (κ2) is 7.77. The molecule has 0 unspecified atom stereocenters. The van der Waals surface area contributed by atoms with Crippen molar-refractivity contribution in [2.24, 2.45) is 0 Å². The maximum Gasteiger partial charge on any atom is 0.241 e. The maximum atomic E-state index is 12.7. The molecule has 0 aliphatic carbocycles. The molecule has 0 aromatic heterocycles. The fourth-order valence-electron chi connectivity index (χ4n) is 2.99. The van der Waals surface area contributed by atoms with Crippen LogP contribution in [0, 0.1) is 11.3 Å². The van der Waals surface area contributed by atoms with Crippen LogP contribution in [0.1, 0.15) is 37.3 Å². The lowest BCUT2D eigenvalue weighted by Crippen LogP contribution is -2.46. The molecule has 1 atom stereocenters. The third kappa shape index (κ3) is 4.13. The molecular weight excluding hydrogens is 326 g/mol. The summed E-state index contributed by atoms with van der Waals surface area (Å²) in [4.78, 5) is 14.3. The molecule has 2 rings (SSSR count). The van der Waals surface area contributed by atoms with Crippen molar-refractivity contribution in [1.82, 2.24) is 9.21 Å². The van der Waals surface area contributed by atoms with Crippen molar-refractivity contribution in [3.05, 3.63) is 35.4 Å². The first-order valence-corrected chi connectivity index (χ1v) is 9.73. The largest absolute Gasteiger partial charge is 0.340 e. The predicted octanol–water partition coefficient (Wildman–Crippen LogP) is 1.72. The van der Waals surface area contributed by atoms with Gasteiger partial charge in [0.1, 0.15) is 6.04 Å². The first-order chi connectivity index (χ1) is 11.4. The van der Waals surface area contributed by atoms with Gasteiger partial charge in [0.2, 0.25) is 15.9 Å². The summed E-state index contributed by atoms with van der Waals surface area (Å²) in [6.07, 6.45) is 1.82. The monoisotopic (exact) mass is 349 g/mol. The highest BCUT2D eigenvalue weighted by Gasteiger charge is 2.39. The molecule has 1 aliphatic rings. The number of nitriles is 1. The van der Waals surface area contributed by atoms with E-state index >= 15 is 0 Å². The van der Waals surface area contributed by atoms with Gasteiger partial charge in [-0.25, -0.2) is 8.42 Å². The van der Waals surface area contributed by atoms with E-state index in [-0.39, 0.29) is 11.7 Å². The SMILES string of the molecule is CCCS(=O)(=O)N1CCC[C@@H]1C(=O)N(C)Cc1ccc(C#N)cc1. The number of sulfonamides is 1. The van der Waals surface area contributed by atoms with Crippen molar-refractivity contribution in [2.75, 3.05) is 19.3 Å². The fourth-order valence-corrected chi connectivity index (χ4v) is 4.73. The molecule has 24 heavy (non-hydrogen) atoms. The zero-order chi connectivity index (χ0) is 17.7. The molecule has 0 N–H and O–H groups in total. The number of benzene rings is 1. The van der Waals surface area contributed by atoms with E-state index in [0.717, 1.165) is 5.56 Å². The fraction of sp³-hybridized carbons (Fsp3) is 0.529. The Balaban J connectivity index is 2.07. The minimum absolute atomic E-state index is 0.0795. The standard InChI is InChI=1S/C17H23N3O3S/c1-3-11-24(22,23)20-10-4-5-16(20)17(21)19(2)13-15-8-6-14(12-18)7-9-15/h6-9,16H,3-5,10-11,13H2,1-2H3/t16-/m1/s1. The number of likely N-dealkylation sites (N-methyl/N-ethyl adjacent to an activating group) is 1. The van der Waals surface area contributed by atoms with Crippen LogP contribution in [0.3, 0.4) is 0 Å². The minimum atomic E-state index is -3.37. The van der Waals surface area contributed by atoms with Gasteiger partial charge < -0.3 is 4.90 Å². The van der Waals surface area contributed by atoms with Gasteiger partial charge in [-0.05, 0) is 37.0 Å². The number of carbonyl (C=O) groups is 1. The van der Waals surface area contributed by atoms with Gasteiger partial charge in [-0.1, -0.05) is 19.1 Å². The average Bonchev–Trinajstić information content (AvgIpc) is 3.05. The van der Waals surface area contributed by atoms with Crippen molar-refractivity contribution in [3.8, 4) is 6.07 Å². The van der Waals surface area contributed by atoms with Gasteiger partial charge in [-0.3, -0.25) is 4.79 Å². The van der Waals surface area contributed by atoms with E-state index in [4.69, 9.17) is 5.26 Å². The van der Waals surface area contributed by atoms with Gasteiger partial charge in [0, 0.05) is 20.1 Å². The van der Waals surface area contributed by atoms with E-state index < -0.39 is 16.1 Å². The molecule has 0 bridgehead atoms. The summed E-state index contributed by atoms with van der Waals surface area (Å²) < 4.78 is 26.0. The van der Waals surface area contributed by atoms with Crippen LogP contribution in [0.2, 0.25) is 0 Å². The molecule has 1 aromatic rings. The third-order valence-corrected chi connectivity index (χ3v) is 6.26. The van der Waals surface area contributed by atoms with Gasteiger partial charge in [0.15, 0.2) is 0 Å². The highest BCUT2D eigenvalue weighted by atomic mass is 32.2. The summed E-state index contributed by atoms with van der Waals surface area (Å²) in [6, 6.07) is 8.50. The lowest BCUT2D eigenvalue weighted by molar-refractivity contribution is -0.133. The van der Waals surface area contributed by atoms with Gasteiger partial charge in [-0.2, -0.15) is 9.57 Å². The maximum absolute atomic E-state index is 12.7. The smallest absolute Gasteiger partial charge is 0.241 e. The van der Waals surface area contributed by atoms with E-state index in [1.54, 1.807) is 24.1 Å². The topological polar surface area (TPSA) is 81.5 Å². The normalized spacial score (nSPS) is 18.3. The minimum Gasteiger partial charge on any atom is -0.340 e. The molecule has 0 saturated carbocycles. The number of hydrogen-bond donors (Lipinski definition) is 0. The second-order valence-electron chi connectivity index (χ2n) is 6.09. The number of amides is 1. The highest BCUT2D eigenvalue weighted by Crippen LogP contribution is 2.24. The van der Waals surface area contributed by atoms with E-state index in [9.17, 15) is 13.2 Å². The molecule has 130 valence electrons. The van der Waals surface area contributed by atoms with Crippen LogP contribution in [0.15, 0.2) is 24.3 Å². The average molecular weight is 349 g/mol. The number of carbonyl (C=O) groups excluding carboxylic acids is 1. The van der Waals surface area contributed by atoms with Crippen molar-refractivity contribution in [3.63, 3.8) is 0 Å². The zero-order valence-electron chi connectivity index (χ0n) is 14.1. The quantitative estimate of drug-likeness (QED) is 0.783. The van der Waals surface area contributed by atoms with Crippen molar-refractivity contribution in [1.29, 1.82) is 5.26 Å².